The lowest BCUT2D eigenvalue weighted by Crippen LogP contribution is -2.16. The summed E-state index contributed by atoms with van der Waals surface area (Å²) in [5.41, 5.74) is 0. The second kappa shape index (κ2) is 24.3. The van der Waals surface area contributed by atoms with Gasteiger partial charge in [-0.05, 0) is 46.8 Å². The molecule has 0 aliphatic carbocycles. The summed E-state index contributed by atoms with van der Waals surface area (Å²) < 4.78 is 0.872. The summed E-state index contributed by atoms with van der Waals surface area (Å²) in [5.74, 6) is 0. The Morgan fingerprint density at radius 1 is 0.533 bits per heavy atom. The summed E-state index contributed by atoms with van der Waals surface area (Å²) in [4.78, 5) is 2.30. The molecule has 2 atom stereocenters. The number of rotatable bonds is 24. The summed E-state index contributed by atoms with van der Waals surface area (Å²) >= 11 is 2.65. The van der Waals surface area contributed by atoms with Gasteiger partial charge in [0, 0.05) is 3.92 Å². The largest absolute Gasteiger partial charge is 0.393 e. The molecule has 0 radical (unpaired) electrons. The van der Waals surface area contributed by atoms with Gasteiger partial charge < -0.3 is 10.0 Å². The van der Waals surface area contributed by atoms with E-state index in [-0.39, 0.29) is 6.10 Å². The number of halogens is 1. The molecule has 0 saturated carbocycles. The molecule has 0 fully saturated rings. The van der Waals surface area contributed by atoms with E-state index in [0.29, 0.717) is 0 Å². The standard InChI is InChI=1S/C27H56INO/c1-26(30)22-20-18-16-14-12-10-8-6-4-5-7-9-11-13-15-17-19-21-23-27(28)24-25-29(2)3/h26-27,30H,4-25H2,1-3H3. The van der Waals surface area contributed by atoms with Gasteiger partial charge in [-0.15, -0.1) is 0 Å². The van der Waals surface area contributed by atoms with Crippen LogP contribution in [-0.4, -0.2) is 40.7 Å². The summed E-state index contributed by atoms with van der Waals surface area (Å²) in [5, 5.41) is 9.24. The first-order valence-electron chi connectivity index (χ1n) is 13.5. The van der Waals surface area contributed by atoms with Gasteiger partial charge in [-0.1, -0.05) is 138 Å². The van der Waals surface area contributed by atoms with Gasteiger partial charge in [-0.3, -0.25) is 0 Å². The Hall–Kier alpha value is 0.650. The second-order valence-electron chi connectivity index (χ2n) is 9.98. The number of aliphatic hydroxyl groups excluding tert-OH is 1. The Labute approximate surface area is 204 Å². The highest BCUT2D eigenvalue weighted by Crippen LogP contribution is 2.18. The van der Waals surface area contributed by atoms with Gasteiger partial charge in [0.1, 0.15) is 0 Å². The van der Waals surface area contributed by atoms with Crippen molar-refractivity contribution < 1.29 is 5.11 Å². The SMILES string of the molecule is CC(O)CCCCCCCCCCCCCCCCCCCCC(I)CCN(C)C. The van der Waals surface area contributed by atoms with Crippen molar-refractivity contribution in [3.05, 3.63) is 0 Å². The Morgan fingerprint density at radius 2 is 0.833 bits per heavy atom. The highest BCUT2D eigenvalue weighted by molar-refractivity contribution is 14.1. The third-order valence-electron chi connectivity index (χ3n) is 6.28. The number of hydrogen-bond acceptors (Lipinski definition) is 2. The zero-order valence-corrected chi connectivity index (χ0v) is 23.1. The molecule has 0 bridgehead atoms. The molecule has 0 rings (SSSR count). The van der Waals surface area contributed by atoms with Gasteiger partial charge in [0.05, 0.1) is 6.10 Å². The number of alkyl halides is 1. The second-order valence-corrected chi connectivity index (χ2v) is 11.7. The van der Waals surface area contributed by atoms with Crippen molar-refractivity contribution in [3.63, 3.8) is 0 Å². The molecular weight excluding hydrogens is 481 g/mol. The molecule has 2 unspecified atom stereocenters. The van der Waals surface area contributed by atoms with E-state index in [0.717, 1.165) is 10.3 Å². The zero-order valence-electron chi connectivity index (χ0n) is 21.0. The average molecular weight is 538 g/mol. The molecule has 0 spiro atoms. The quantitative estimate of drug-likeness (QED) is 0.0755. The van der Waals surface area contributed by atoms with Crippen molar-refractivity contribution in [1.29, 1.82) is 0 Å². The van der Waals surface area contributed by atoms with Crippen LogP contribution in [0.1, 0.15) is 142 Å². The van der Waals surface area contributed by atoms with Crippen molar-refractivity contribution >= 4 is 22.6 Å². The fourth-order valence-electron chi connectivity index (χ4n) is 4.18. The summed E-state index contributed by atoms with van der Waals surface area (Å²) in [6.45, 7) is 3.14. The van der Waals surface area contributed by atoms with Gasteiger partial charge >= 0.3 is 0 Å². The third-order valence-corrected chi connectivity index (χ3v) is 7.52. The molecule has 0 aromatic rings. The molecule has 3 heteroatoms. The van der Waals surface area contributed by atoms with Gasteiger partial charge in [0.25, 0.3) is 0 Å². The van der Waals surface area contributed by atoms with Crippen LogP contribution in [-0.2, 0) is 0 Å². The Kier molecular flexibility index (Phi) is 24.8. The van der Waals surface area contributed by atoms with E-state index in [9.17, 15) is 5.11 Å². The lowest BCUT2D eigenvalue weighted by atomic mass is 10.0. The van der Waals surface area contributed by atoms with E-state index in [1.165, 1.54) is 135 Å². The molecule has 2 nitrogen and oxygen atoms in total. The van der Waals surface area contributed by atoms with E-state index < -0.39 is 0 Å². The summed E-state index contributed by atoms with van der Waals surface area (Å²) in [6, 6.07) is 0. The first-order chi connectivity index (χ1) is 14.5. The maximum atomic E-state index is 9.24. The normalized spacial score (nSPS) is 13.8. The minimum atomic E-state index is -0.105. The van der Waals surface area contributed by atoms with Crippen molar-refractivity contribution in [1.82, 2.24) is 4.90 Å². The fourth-order valence-corrected chi connectivity index (χ4v) is 4.90. The molecule has 0 amide bonds. The van der Waals surface area contributed by atoms with Crippen LogP contribution in [0.3, 0.4) is 0 Å². The molecular formula is C27H56INO. The molecule has 0 aliphatic heterocycles. The predicted molar refractivity (Wildman–Crippen MR) is 145 cm³/mol. The molecule has 0 aromatic carbocycles. The third kappa shape index (κ3) is 26.7. The highest BCUT2D eigenvalue weighted by Gasteiger charge is 2.04. The van der Waals surface area contributed by atoms with E-state index in [2.05, 4.69) is 41.6 Å². The average Bonchev–Trinajstić information content (AvgIpc) is 2.70. The number of aliphatic hydroxyl groups is 1. The topological polar surface area (TPSA) is 23.5 Å². The first kappa shape index (κ1) is 30.6. The maximum Gasteiger partial charge on any atom is 0.0512 e. The van der Waals surface area contributed by atoms with Crippen LogP contribution in [0.5, 0.6) is 0 Å². The Morgan fingerprint density at radius 3 is 1.13 bits per heavy atom. The lowest BCUT2D eigenvalue weighted by Gasteiger charge is -2.13. The van der Waals surface area contributed by atoms with Gasteiger partial charge in [0.15, 0.2) is 0 Å². The van der Waals surface area contributed by atoms with Crippen molar-refractivity contribution in [2.24, 2.45) is 0 Å². The van der Waals surface area contributed by atoms with E-state index >= 15 is 0 Å². The monoisotopic (exact) mass is 537 g/mol. The minimum Gasteiger partial charge on any atom is -0.393 e. The van der Waals surface area contributed by atoms with Crippen LogP contribution in [0.15, 0.2) is 0 Å². The number of hydrogen-bond donors (Lipinski definition) is 1. The maximum absolute atomic E-state index is 9.24. The van der Waals surface area contributed by atoms with Crippen LogP contribution in [0, 0.1) is 0 Å². The summed E-state index contributed by atoms with van der Waals surface area (Å²) in [6.07, 6.45) is 29.2. The molecule has 0 aromatic heterocycles. The van der Waals surface area contributed by atoms with Crippen LogP contribution in [0.25, 0.3) is 0 Å². The molecule has 1 N–H and O–H groups in total. The van der Waals surface area contributed by atoms with Gasteiger partial charge in [-0.25, -0.2) is 0 Å². The smallest absolute Gasteiger partial charge is 0.0512 e. The van der Waals surface area contributed by atoms with Crippen LogP contribution in [0.2, 0.25) is 0 Å². The van der Waals surface area contributed by atoms with Gasteiger partial charge in [-0.2, -0.15) is 0 Å². The van der Waals surface area contributed by atoms with Crippen molar-refractivity contribution in [3.8, 4) is 0 Å². The molecule has 30 heavy (non-hydrogen) atoms. The molecule has 0 heterocycles. The van der Waals surface area contributed by atoms with Crippen LogP contribution in [0.4, 0.5) is 0 Å². The number of unbranched alkanes of at least 4 members (excludes halogenated alkanes) is 17. The lowest BCUT2D eigenvalue weighted by molar-refractivity contribution is 0.180. The molecule has 0 aliphatic rings. The zero-order chi connectivity index (χ0) is 22.3. The highest BCUT2D eigenvalue weighted by atomic mass is 127. The molecule has 182 valence electrons. The molecule has 0 saturated heterocycles. The van der Waals surface area contributed by atoms with Crippen molar-refractivity contribution in [2.75, 3.05) is 20.6 Å². The van der Waals surface area contributed by atoms with E-state index in [1.807, 2.05) is 6.92 Å². The van der Waals surface area contributed by atoms with Gasteiger partial charge in [0.2, 0.25) is 0 Å². The predicted octanol–water partition coefficient (Wildman–Crippen LogP) is 8.92. The van der Waals surface area contributed by atoms with E-state index in [1.54, 1.807) is 0 Å². The van der Waals surface area contributed by atoms with Crippen LogP contribution < -0.4 is 0 Å². The van der Waals surface area contributed by atoms with Crippen LogP contribution >= 0.6 is 22.6 Å². The minimum absolute atomic E-state index is 0.105. The number of nitrogens with zero attached hydrogens (tertiary/aromatic N) is 1. The summed E-state index contributed by atoms with van der Waals surface area (Å²) in [7, 11) is 4.35. The van der Waals surface area contributed by atoms with Crippen molar-refractivity contribution in [2.45, 2.75) is 152 Å². The Balaban J connectivity index is 3.08. The first-order valence-corrected chi connectivity index (χ1v) is 14.7. The van der Waals surface area contributed by atoms with E-state index in [4.69, 9.17) is 0 Å². The Bertz CT molecular complexity index is 322. The fraction of sp³-hybridized carbons (Fsp3) is 1.00.